The van der Waals surface area contributed by atoms with E-state index >= 15 is 0 Å². The van der Waals surface area contributed by atoms with Gasteiger partial charge in [0.2, 0.25) is 0 Å². The minimum absolute atomic E-state index is 0.937. The molecule has 2 aromatic heterocycles. The number of benzene rings is 1. The molecule has 3 rings (SSSR count). The van der Waals surface area contributed by atoms with Crippen LogP contribution in [-0.4, -0.2) is 15.0 Å². The number of thiophene rings is 1. The van der Waals surface area contributed by atoms with E-state index in [2.05, 4.69) is 29.4 Å². The SMILES string of the molecule is Cc1ccc(CCc2cn(-c3ccccc3)nn2)s1. The molecule has 0 aliphatic rings. The maximum Gasteiger partial charge on any atom is 0.0835 e. The summed E-state index contributed by atoms with van der Waals surface area (Å²) < 4.78 is 1.83. The molecule has 19 heavy (non-hydrogen) atoms. The third-order valence-electron chi connectivity index (χ3n) is 2.99. The molecule has 0 N–H and O–H groups in total. The maximum absolute atomic E-state index is 4.23. The van der Waals surface area contributed by atoms with Crippen LogP contribution in [0.1, 0.15) is 15.4 Å². The Kier molecular flexibility index (Phi) is 3.42. The highest BCUT2D eigenvalue weighted by Crippen LogP contribution is 2.17. The van der Waals surface area contributed by atoms with Crippen LogP contribution in [0.25, 0.3) is 5.69 Å². The summed E-state index contributed by atoms with van der Waals surface area (Å²) in [5.74, 6) is 0. The minimum atomic E-state index is 0.937. The van der Waals surface area contributed by atoms with Gasteiger partial charge in [-0.2, -0.15) is 0 Å². The molecular formula is C15H15N3S. The van der Waals surface area contributed by atoms with E-state index in [-0.39, 0.29) is 0 Å². The molecule has 0 radical (unpaired) electrons. The quantitative estimate of drug-likeness (QED) is 0.726. The van der Waals surface area contributed by atoms with Gasteiger partial charge >= 0.3 is 0 Å². The Hall–Kier alpha value is -1.94. The van der Waals surface area contributed by atoms with Crippen LogP contribution in [0.3, 0.4) is 0 Å². The van der Waals surface area contributed by atoms with Gasteiger partial charge in [-0.15, -0.1) is 16.4 Å². The number of hydrogen-bond donors (Lipinski definition) is 0. The average Bonchev–Trinajstić information content (AvgIpc) is 3.06. The van der Waals surface area contributed by atoms with Gasteiger partial charge in [0.25, 0.3) is 0 Å². The van der Waals surface area contributed by atoms with Crippen molar-refractivity contribution in [3.63, 3.8) is 0 Å². The molecule has 0 saturated carbocycles. The van der Waals surface area contributed by atoms with E-state index in [0.29, 0.717) is 0 Å². The highest BCUT2D eigenvalue weighted by Gasteiger charge is 2.04. The van der Waals surface area contributed by atoms with Gasteiger partial charge in [0.15, 0.2) is 0 Å². The fourth-order valence-electron chi connectivity index (χ4n) is 1.99. The van der Waals surface area contributed by atoms with Gasteiger partial charge < -0.3 is 0 Å². The zero-order valence-corrected chi connectivity index (χ0v) is 11.6. The minimum Gasteiger partial charge on any atom is -0.220 e. The van der Waals surface area contributed by atoms with Crippen LogP contribution in [0, 0.1) is 6.92 Å². The number of nitrogens with zero attached hydrogens (tertiary/aromatic N) is 3. The molecule has 1 aromatic carbocycles. The number of hydrogen-bond acceptors (Lipinski definition) is 3. The van der Waals surface area contributed by atoms with Crippen LogP contribution >= 0.6 is 11.3 Å². The van der Waals surface area contributed by atoms with E-state index in [4.69, 9.17) is 0 Å². The van der Waals surface area contributed by atoms with E-state index in [9.17, 15) is 0 Å². The number of rotatable bonds is 4. The lowest BCUT2D eigenvalue weighted by molar-refractivity contribution is 0.794. The summed E-state index contributed by atoms with van der Waals surface area (Å²) in [7, 11) is 0. The van der Waals surface area contributed by atoms with Gasteiger partial charge in [0, 0.05) is 9.75 Å². The molecule has 0 bridgehead atoms. The Morgan fingerprint density at radius 3 is 2.63 bits per heavy atom. The highest BCUT2D eigenvalue weighted by atomic mass is 32.1. The Morgan fingerprint density at radius 1 is 1.05 bits per heavy atom. The molecule has 0 fully saturated rings. The molecule has 0 aliphatic heterocycles. The molecule has 0 amide bonds. The summed E-state index contributed by atoms with van der Waals surface area (Å²) in [4.78, 5) is 2.77. The number of aromatic nitrogens is 3. The third-order valence-corrected chi connectivity index (χ3v) is 4.05. The first-order chi connectivity index (χ1) is 9.31. The Labute approximate surface area is 116 Å². The average molecular weight is 269 g/mol. The van der Waals surface area contributed by atoms with Gasteiger partial charge in [-0.05, 0) is 44.0 Å². The molecule has 0 spiro atoms. The second-order valence-electron chi connectivity index (χ2n) is 4.50. The largest absolute Gasteiger partial charge is 0.220 e. The standard InChI is InChI=1S/C15H15N3S/c1-12-7-9-15(19-12)10-8-13-11-18(17-16-13)14-5-3-2-4-6-14/h2-7,9,11H,8,10H2,1H3. The van der Waals surface area contributed by atoms with Crippen molar-refractivity contribution in [2.75, 3.05) is 0 Å². The predicted octanol–water partition coefficient (Wildman–Crippen LogP) is 3.42. The summed E-state index contributed by atoms with van der Waals surface area (Å²) >= 11 is 1.86. The summed E-state index contributed by atoms with van der Waals surface area (Å²) in [5.41, 5.74) is 2.09. The number of para-hydroxylation sites is 1. The molecule has 0 atom stereocenters. The first kappa shape index (κ1) is 12.1. The molecule has 96 valence electrons. The molecule has 4 heteroatoms. The van der Waals surface area contributed by atoms with Gasteiger partial charge in [-0.25, -0.2) is 4.68 Å². The van der Waals surface area contributed by atoms with Crippen LogP contribution < -0.4 is 0 Å². The summed E-state index contributed by atoms with van der Waals surface area (Å²) in [5, 5.41) is 8.41. The van der Waals surface area contributed by atoms with Crippen molar-refractivity contribution in [1.82, 2.24) is 15.0 Å². The summed E-state index contributed by atoms with van der Waals surface area (Å²) in [6.07, 6.45) is 3.98. The van der Waals surface area contributed by atoms with E-state index in [1.54, 1.807) is 0 Å². The lowest BCUT2D eigenvalue weighted by Gasteiger charge is -1.97. The smallest absolute Gasteiger partial charge is 0.0835 e. The van der Waals surface area contributed by atoms with Crippen molar-refractivity contribution in [1.29, 1.82) is 0 Å². The van der Waals surface area contributed by atoms with E-state index in [1.165, 1.54) is 9.75 Å². The van der Waals surface area contributed by atoms with Crippen molar-refractivity contribution in [3.8, 4) is 5.69 Å². The van der Waals surface area contributed by atoms with E-state index in [1.807, 2.05) is 52.5 Å². The first-order valence-electron chi connectivity index (χ1n) is 6.33. The molecule has 0 aliphatic carbocycles. The fourth-order valence-corrected chi connectivity index (χ4v) is 2.88. The monoisotopic (exact) mass is 269 g/mol. The second kappa shape index (κ2) is 5.36. The van der Waals surface area contributed by atoms with Crippen molar-refractivity contribution in [3.05, 3.63) is 64.1 Å². The van der Waals surface area contributed by atoms with Gasteiger partial charge in [-0.1, -0.05) is 23.4 Å². The fraction of sp³-hybridized carbons (Fsp3) is 0.200. The van der Waals surface area contributed by atoms with Gasteiger partial charge in [-0.3, -0.25) is 0 Å². The topological polar surface area (TPSA) is 30.7 Å². The van der Waals surface area contributed by atoms with Crippen molar-refractivity contribution < 1.29 is 0 Å². The Balaban J connectivity index is 1.68. The second-order valence-corrected chi connectivity index (χ2v) is 5.87. The lowest BCUT2D eigenvalue weighted by Crippen LogP contribution is -1.93. The lowest BCUT2D eigenvalue weighted by atomic mass is 10.2. The molecule has 2 heterocycles. The molecular weight excluding hydrogens is 254 g/mol. The van der Waals surface area contributed by atoms with Crippen molar-refractivity contribution in [2.45, 2.75) is 19.8 Å². The van der Waals surface area contributed by atoms with Crippen LogP contribution in [-0.2, 0) is 12.8 Å². The molecule has 3 nitrogen and oxygen atoms in total. The van der Waals surface area contributed by atoms with Crippen LogP contribution in [0.5, 0.6) is 0 Å². The van der Waals surface area contributed by atoms with Crippen LogP contribution in [0.2, 0.25) is 0 Å². The maximum atomic E-state index is 4.23. The van der Waals surface area contributed by atoms with Crippen molar-refractivity contribution >= 4 is 11.3 Å². The Bertz CT molecular complexity index is 655. The van der Waals surface area contributed by atoms with E-state index in [0.717, 1.165) is 24.2 Å². The molecule has 0 saturated heterocycles. The Morgan fingerprint density at radius 2 is 1.89 bits per heavy atom. The first-order valence-corrected chi connectivity index (χ1v) is 7.15. The third kappa shape index (κ3) is 2.90. The molecule has 3 aromatic rings. The zero-order chi connectivity index (χ0) is 13.1. The zero-order valence-electron chi connectivity index (χ0n) is 10.8. The number of aryl methyl sites for hydroxylation is 3. The van der Waals surface area contributed by atoms with E-state index < -0.39 is 0 Å². The normalized spacial score (nSPS) is 10.8. The molecule has 0 unspecified atom stereocenters. The summed E-state index contributed by atoms with van der Waals surface area (Å²) in [6, 6.07) is 14.4. The van der Waals surface area contributed by atoms with Crippen LogP contribution in [0.15, 0.2) is 48.7 Å². The highest BCUT2D eigenvalue weighted by molar-refractivity contribution is 7.11. The van der Waals surface area contributed by atoms with Gasteiger partial charge in [0.1, 0.15) is 0 Å². The van der Waals surface area contributed by atoms with Gasteiger partial charge in [0.05, 0.1) is 17.6 Å². The predicted molar refractivity (Wildman–Crippen MR) is 77.8 cm³/mol. The summed E-state index contributed by atoms with van der Waals surface area (Å²) in [6.45, 7) is 2.14. The van der Waals surface area contributed by atoms with Crippen LogP contribution in [0.4, 0.5) is 0 Å². The van der Waals surface area contributed by atoms with Crippen molar-refractivity contribution in [2.24, 2.45) is 0 Å².